The molecule has 4 aliphatic heterocycles. The van der Waals surface area contributed by atoms with E-state index in [1.807, 2.05) is 79.2 Å². The molecule has 0 saturated carbocycles. The number of amides is 3. The van der Waals surface area contributed by atoms with Crippen molar-refractivity contribution in [3.8, 4) is 28.7 Å². The number of rotatable bonds is 16. The van der Waals surface area contributed by atoms with E-state index < -0.39 is 0 Å². The Balaban J connectivity index is 0.943. The van der Waals surface area contributed by atoms with Gasteiger partial charge in [0.25, 0.3) is 11.8 Å². The summed E-state index contributed by atoms with van der Waals surface area (Å²) in [5.74, 6) is 2.54. The van der Waals surface area contributed by atoms with E-state index in [0.717, 1.165) is 33.6 Å². The van der Waals surface area contributed by atoms with Gasteiger partial charge in [0.1, 0.15) is 19.0 Å². The first kappa shape index (κ1) is 41.5. The van der Waals surface area contributed by atoms with Crippen molar-refractivity contribution in [2.75, 3.05) is 42.9 Å². The van der Waals surface area contributed by atoms with E-state index in [1.165, 1.54) is 0 Å². The molecule has 0 fully saturated rings. The summed E-state index contributed by atoms with van der Waals surface area (Å²) in [6.07, 6.45) is 6.78. The Labute approximate surface area is 371 Å². The Kier molecular flexibility index (Phi) is 12.1. The summed E-state index contributed by atoms with van der Waals surface area (Å²) in [5, 5.41) is 2.84. The van der Waals surface area contributed by atoms with Gasteiger partial charge in [-0.2, -0.15) is 12.6 Å². The number of hydrogen-bond acceptors (Lipinski definition) is 11. The van der Waals surface area contributed by atoms with E-state index >= 15 is 0 Å². The van der Waals surface area contributed by atoms with Crippen molar-refractivity contribution in [1.82, 2.24) is 5.32 Å². The zero-order valence-corrected chi connectivity index (χ0v) is 35.9. The average molecular weight is 866 g/mol. The van der Waals surface area contributed by atoms with Crippen LogP contribution in [0.25, 0.3) is 0 Å². The van der Waals surface area contributed by atoms with Gasteiger partial charge in [-0.05, 0) is 77.6 Å². The monoisotopic (exact) mass is 865 g/mol. The molecule has 5 aromatic rings. The largest absolute Gasteiger partial charge is 0.494 e. The maximum atomic E-state index is 14.0. The number of methoxy groups -OCH3 is 2. The quantitative estimate of drug-likeness (QED) is 0.0751. The fourth-order valence-electron chi connectivity index (χ4n) is 8.54. The van der Waals surface area contributed by atoms with Gasteiger partial charge in [-0.25, -0.2) is 0 Å². The van der Waals surface area contributed by atoms with Gasteiger partial charge in [-0.1, -0.05) is 36.4 Å². The average Bonchev–Trinajstić information content (AvgIpc) is 3.80. The summed E-state index contributed by atoms with van der Waals surface area (Å²) in [5.41, 5.74) is 7.42. The molecule has 14 heteroatoms. The topological polar surface area (TPSA) is 141 Å². The van der Waals surface area contributed by atoms with Crippen LogP contribution in [-0.2, 0) is 30.8 Å². The first-order valence-corrected chi connectivity index (χ1v) is 21.7. The van der Waals surface area contributed by atoms with Crippen LogP contribution in [0, 0.1) is 0 Å². The van der Waals surface area contributed by atoms with Gasteiger partial charge in [0.15, 0.2) is 23.0 Å². The van der Waals surface area contributed by atoms with Crippen LogP contribution in [0.3, 0.4) is 0 Å². The Morgan fingerprint density at radius 1 is 0.683 bits per heavy atom. The number of fused-ring (bicyclic) bond motifs is 8. The number of nitrogens with one attached hydrogen (secondary N) is 1. The molecule has 13 nitrogen and oxygen atoms in total. The molecule has 0 unspecified atom stereocenters. The third kappa shape index (κ3) is 8.55. The highest BCUT2D eigenvalue weighted by atomic mass is 32.1. The lowest BCUT2D eigenvalue weighted by molar-refractivity contribution is -0.121. The van der Waals surface area contributed by atoms with Gasteiger partial charge in [-0.15, -0.1) is 0 Å². The second-order valence-electron chi connectivity index (χ2n) is 15.7. The lowest BCUT2D eigenvalue weighted by Crippen LogP contribution is -2.37. The van der Waals surface area contributed by atoms with Crippen molar-refractivity contribution in [3.05, 3.63) is 124 Å². The van der Waals surface area contributed by atoms with Gasteiger partial charge in [0.05, 0.1) is 55.4 Å². The molecule has 0 bridgehead atoms. The Hall–Kier alpha value is -6.80. The number of para-hydroxylation sites is 2. The van der Waals surface area contributed by atoms with Crippen LogP contribution in [0.1, 0.15) is 62.2 Å². The molecule has 4 heterocycles. The molecule has 5 aromatic carbocycles. The number of nitrogens with zero attached hydrogens (tertiary/aromatic N) is 4. The molecule has 0 aromatic heterocycles. The molecule has 0 radical (unpaired) electrons. The van der Waals surface area contributed by atoms with Crippen LogP contribution >= 0.6 is 12.6 Å². The van der Waals surface area contributed by atoms with Crippen LogP contribution < -0.4 is 38.8 Å². The summed E-state index contributed by atoms with van der Waals surface area (Å²) in [6.45, 7) is 1.19. The number of unbranched alkanes of at least 4 members (excludes halogenated alkanes) is 1. The molecule has 0 spiro atoms. The standard InChI is InChI=1S/C49H47N5O8S/c1-58-43-22-37-39(51-26-34-20-32-9-3-5-11-41(32)53(34)48(37)56)24-45(43)61-28-30-17-31(19-36(18-30)60-15-8-7-13-47(55)50-14-16-63)29-62-46-25-40-38(23-44(46)59-2)49(57)54-35(27-52-40)21-33-10-4-6-12-42(33)54/h3-6,9-12,17-19,22-27,34-35,63H,7-8,13-16,20-21,28-29H2,1-2H3,(H,50,55)/t34-,35-/m0/s1. The van der Waals surface area contributed by atoms with Crippen molar-refractivity contribution >= 4 is 65.5 Å². The molecule has 9 rings (SSSR count). The van der Waals surface area contributed by atoms with E-state index in [2.05, 4.69) is 17.9 Å². The van der Waals surface area contributed by atoms with Crippen molar-refractivity contribution in [1.29, 1.82) is 0 Å². The van der Waals surface area contributed by atoms with Crippen LogP contribution in [-0.4, -0.2) is 75.4 Å². The number of carbonyl (C=O) groups is 3. The SMILES string of the molecule is COc1cc2c(cc1OCc1cc(COc3cc4c(cc3OC)C(=O)N3c5ccccc5C[C@H]3C=N4)cc(OCCCCC(=O)NCCS)c1)N=C[C@@H]1Cc3ccccc3N1C2=O. The van der Waals surface area contributed by atoms with Crippen molar-refractivity contribution in [3.63, 3.8) is 0 Å². The second-order valence-corrected chi connectivity index (χ2v) is 16.1. The molecular weight excluding hydrogens is 819 g/mol. The highest BCUT2D eigenvalue weighted by Gasteiger charge is 2.38. The van der Waals surface area contributed by atoms with Crippen molar-refractivity contribution < 1.29 is 38.1 Å². The Morgan fingerprint density at radius 2 is 1.21 bits per heavy atom. The first-order chi connectivity index (χ1) is 30.8. The van der Waals surface area contributed by atoms with Gasteiger partial charge >= 0.3 is 0 Å². The number of thiol groups is 1. The summed E-state index contributed by atoms with van der Waals surface area (Å²) in [6, 6.07) is 28.1. The molecule has 4 aliphatic rings. The third-order valence-corrected chi connectivity index (χ3v) is 11.8. The number of hydrogen-bond donors (Lipinski definition) is 2. The Morgan fingerprint density at radius 3 is 1.71 bits per heavy atom. The molecule has 322 valence electrons. The summed E-state index contributed by atoms with van der Waals surface area (Å²) < 4.78 is 30.6. The second kappa shape index (κ2) is 18.3. The van der Waals surface area contributed by atoms with Crippen LogP contribution in [0.2, 0.25) is 0 Å². The highest BCUT2D eigenvalue weighted by Crippen LogP contribution is 2.43. The predicted molar refractivity (Wildman–Crippen MR) is 245 cm³/mol. The minimum atomic E-state index is -0.187. The summed E-state index contributed by atoms with van der Waals surface area (Å²) >= 11 is 4.16. The smallest absolute Gasteiger partial charge is 0.261 e. The molecular formula is C49H47N5O8S. The fraction of sp³-hybridized carbons (Fsp3) is 0.286. The summed E-state index contributed by atoms with van der Waals surface area (Å²) in [7, 11) is 3.09. The number of anilines is 2. The molecule has 2 atom stereocenters. The van der Waals surface area contributed by atoms with Crippen molar-refractivity contribution in [2.45, 2.75) is 57.4 Å². The van der Waals surface area contributed by atoms with E-state index in [4.69, 9.17) is 33.7 Å². The van der Waals surface area contributed by atoms with Gasteiger partial charge in [0.2, 0.25) is 5.91 Å². The van der Waals surface area contributed by atoms with Gasteiger partial charge in [-0.3, -0.25) is 34.2 Å². The molecule has 3 amide bonds. The normalized spacial score (nSPS) is 16.5. The zero-order chi connectivity index (χ0) is 43.5. The molecule has 1 N–H and O–H groups in total. The number of aliphatic imine (C=N–C) groups is 2. The summed E-state index contributed by atoms with van der Waals surface area (Å²) in [4.78, 5) is 53.2. The van der Waals surface area contributed by atoms with Crippen LogP contribution in [0.15, 0.2) is 101 Å². The lowest BCUT2D eigenvalue weighted by atomic mass is 10.1. The maximum absolute atomic E-state index is 14.0. The van der Waals surface area contributed by atoms with Gasteiger partial charge in [0, 0.05) is 67.5 Å². The van der Waals surface area contributed by atoms with Crippen molar-refractivity contribution in [2.24, 2.45) is 9.98 Å². The van der Waals surface area contributed by atoms with E-state index in [0.29, 0.717) is 102 Å². The van der Waals surface area contributed by atoms with E-state index in [1.54, 1.807) is 48.3 Å². The van der Waals surface area contributed by atoms with Gasteiger partial charge < -0.3 is 29.0 Å². The minimum Gasteiger partial charge on any atom is -0.494 e. The number of carbonyl (C=O) groups excluding carboxylic acids is 3. The minimum absolute atomic E-state index is 0.00871. The third-order valence-electron chi connectivity index (χ3n) is 11.6. The predicted octanol–water partition coefficient (Wildman–Crippen LogP) is 8.03. The van der Waals surface area contributed by atoms with Crippen LogP contribution in [0.4, 0.5) is 22.7 Å². The highest BCUT2D eigenvalue weighted by molar-refractivity contribution is 7.80. The molecule has 0 aliphatic carbocycles. The van der Waals surface area contributed by atoms with E-state index in [9.17, 15) is 14.4 Å². The Bertz CT molecular complexity index is 2490. The lowest BCUT2D eigenvalue weighted by Gasteiger charge is -2.22. The molecule has 63 heavy (non-hydrogen) atoms. The first-order valence-electron chi connectivity index (χ1n) is 21.1. The number of benzene rings is 5. The molecule has 0 saturated heterocycles. The zero-order valence-electron chi connectivity index (χ0n) is 35.0. The number of ether oxygens (including phenoxy) is 5. The fourth-order valence-corrected chi connectivity index (χ4v) is 8.65. The maximum Gasteiger partial charge on any atom is 0.261 e. The van der Waals surface area contributed by atoms with E-state index in [-0.39, 0.29) is 43.0 Å². The van der Waals surface area contributed by atoms with Crippen LogP contribution in [0.5, 0.6) is 28.7 Å².